The fourth-order valence-corrected chi connectivity index (χ4v) is 3.78. The number of methoxy groups -OCH3 is 1. The number of ether oxygens (including phenoxy) is 1. The summed E-state index contributed by atoms with van der Waals surface area (Å²) in [5, 5.41) is 19.5. The summed E-state index contributed by atoms with van der Waals surface area (Å²) >= 11 is 0. The molecule has 1 aliphatic rings. The van der Waals surface area contributed by atoms with Crippen LogP contribution in [0.15, 0.2) is 48.5 Å². The SMILES string of the molecule is COCC(=O)N1[C@H](C#N)[C@@H](c2ccccc2-c2cccc(C)c2)[C@@H]1CO. The minimum atomic E-state index is -0.610. The van der Waals surface area contributed by atoms with E-state index in [1.54, 1.807) is 0 Å². The van der Waals surface area contributed by atoms with Gasteiger partial charge >= 0.3 is 0 Å². The highest BCUT2D eigenvalue weighted by molar-refractivity contribution is 5.81. The molecule has 0 saturated carbocycles. The first-order valence-corrected chi connectivity index (χ1v) is 8.59. The Hall–Kier alpha value is -2.68. The van der Waals surface area contributed by atoms with Gasteiger partial charge in [0.2, 0.25) is 5.91 Å². The minimum Gasteiger partial charge on any atom is -0.394 e. The number of aliphatic hydroxyl groups excluding tert-OH is 1. The van der Waals surface area contributed by atoms with Crippen LogP contribution in [0.3, 0.4) is 0 Å². The molecular formula is C21H22N2O3. The van der Waals surface area contributed by atoms with Gasteiger partial charge in [0.05, 0.1) is 18.7 Å². The van der Waals surface area contributed by atoms with Crippen LogP contribution in [0.5, 0.6) is 0 Å². The number of nitrogens with zero attached hydrogens (tertiary/aromatic N) is 2. The van der Waals surface area contributed by atoms with Crippen molar-refractivity contribution in [1.29, 1.82) is 5.26 Å². The van der Waals surface area contributed by atoms with Gasteiger partial charge in [0.15, 0.2) is 0 Å². The molecule has 3 atom stereocenters. The van der Waals surface area contributed by atoms with Crippen LogP contribution < -0.4 is 0 Å². The number of hydrogen-bond acceptors (Lipinski definition) is 4. The average Bonchev–Trinajstić information content (AvgIpc) is 2.62. The van der Waals surface area contributed by atoms with Crippen LogP contribution in [0, 0.1) is 18.3 Å². The molecule has 2 aromatic rings. The molecule has 0 aliphatic carbocycles. The van der Waals surface area contributed by atoms with Crippen molar-refractivity contribution in [2.75, 3.05) is 20.3 Å². The Morgan fingerprint density at radius 1 is 1.27 bits per heavy atom. The van der Waals surface area contributed by atoms with Crippen molar-refractivity contribution in [3.05, 3.63) is 59.7 Å². The fourth-order valence-electron chi connectivity index (χ4n) is 3.78. The van der Waals surface area contributed by atoms with Gasteiger partial charge in [-0.15, -0.1) is 0 Å². The van der Waals surface area contributed by atoms with Gasteiger partial charge in [0.1, 0.15) is 12.6 Å². The van der Waals surface area contributed by atoms with Crippen LogP contribution in [0.1, 0.15) is 17.0 Å². The highest BCUT2D eigenvalue weighted by atomic mass is 16.5. The van der Waals surface area contributed by atoms with Gasteiger partial charge in [0, 0.05) is 13.0 Å². The maximum Gasteiger partial charge on any atom is 0.249 e. The smallest absolute Gasteiger partial charge is 0.249 e. The van der Waals surface area contributed by atoms with E-state index in [1.165, 1.54) is 12.0 Å². The predicted molar refractivity (Wildman–Crippen MR) is 98.4 cm³/mol. The molecule has 1 N–H and O–H groups in total. The number of carbonyl (C=O) groups is 1. The van der Waals surface area contributed by atoms with Gasteiger partial charge < -0.3 is 14.7 Å². The molecule has 5 nitrogen and oxygen atoms in total. The zero-order valence-corrected chi connectivity index (χ0v) is 14.9. The number of carbonyl (C=O) groups excluding carboxylic acids is 1. The molecule has 0 bridgehead atoms. The molecule has 1 aliphatic heterocycles. The zero-order chi connectivity index (χ0) is 18.7. The van der Waals surface area contributed by atoms with Crippen LogP contribution in [0.4, 0.5) is 0 Å². The lowest BCUT2D eigenvalue weighted by molar-refractivity contribution is -0.150. The molecule has 5 heteroatoms. The topological polar surface area (TPSA) is 73.6 Å². The van der Waals surface area contributed by atoms with E-state index < -0.39 is 12.1 Å². The summed E-state index contributed by atoms with van der Waals surface area (Å²) in [6.07, 6.45) is 0. The Balaban J connectivity index is 2.01. The molecule has 1 saturated heterocycles. The second-order valence-corrected chi connectivity index (χ2v) is 6.54. The molecule has 3 rings (SSSR count). The Labute approximate surface area is 153 Å². The number of amides is 1. The lowest BCUT2D eigenvalue weighted by Crippen LogP contribution is -2.66. The molecule has 1 amide bonds. The molecule has 2 aromatic carbocycles. The lowest BCUT2D eigenvalue weighted by Gasteiger charge is -2.52. The van der Waals surface area contributed by atoms with Crippen LogP contribution >= 0.6 is 0 Å². The maximum atomic E-state index is 12.3. The highest BCUT2D eigenvalue weighted by Gasteiger charge is 2.52. The summed E-state index contributed by atoms with van der Waals surface area (Å²) in [6, 6.07) is 17.3. The van der Waals surface area contributed by atoms with Crippen molar-refractivity contribution in [2.24, 2.45) is 0 Å². The molecule has 0 unspecified atom stereocenters. The first-order valence-electron chi connectivity index (χ1n) is 8.59. The lowest BCUT2D eigenvalue weighted by atomic mass is 9.73. The number of benzene rings is 2. The quantitative estimate of drug-likeness (QED) is 0.899. The third kappa shape index (κ3) is 3.10. The molecule has 0 spiro atoms. The second-order valence-electron chi connectivity index (χ2n) is 6.54. The summed E-state index contributed by atoms with van der Waals surface area (Å²) < 4.78 is 4.91. The molecule has 1 fully saturated rings. The van der Waals surface area contributed by atoms with Crippen LogP contribution in [-0.4, -0.2) is 48.3 Å². The minimum absolute atomic E-state index is 0.0963. The number of aliphatic hydroxyl groups is 1. The molecule has 0 radical (unpaired) electrons. The standard InChI is InChI=1S/C21H22N2O3/c1-14-6-5-7-15(10-14)16-8-3-4-9-17(16)21-18(11-22)23(19(21)12-24)20(25)13-26-2/h3-10,18-19,21,24H,12-13H2,1-2H3/t18-,19+,21-/m1/s1. The molecule has 134 valence electrons. The summed E-state index contributed by atoms with van der Waals surface area (Å²) in [4.78, 5) is 13.7. The monoisotopic (exact) mass is 350 g/mol. The summed E-state index contributed by atoms with van der Waals surface area (Å²) in [7, 11) is 1.44. The zero-order valence-electron chi connectivity index (χ0n) is 14.9. The van der Waals surface area contributed by atoms with Crippen molar-refractivity contribution < 1.29 is 14.6 Å². The van der Waals surface area contributed by atoms with Crippen molar-refractivity contribution >= 4 is 5.91 Å². The number of aryl methyl sites for hydroxylation is 1. The summed E-state index contributed by atoms with van der Waals surface area (Å²) in [6.45, 7) is 1.75. The maximum absolute atomic E-state index is 12.3. The first kappa shape index (κ1) is 18.1. The van der Waals surface area contributed by atoms with E-state index in [1.807, 2.05) is 49.4 Å². The van der Waals surface area contributed by atoms with Gasteiger partial charge in [-0.05, 0) is 23.6 Å². The molecule has 0 aromatic heterocycles. The van der Waals surface area contributed by atoms with E-state index in [2.05, 4.69) is 12.1 Å². The normalized spacial score (nSPS) is 21.8. The van der Waals surface area contributed by atoms with E-state index in [4.69, 9.17) is 4.74 Å². The van der Waals surface area contributed by atoms with Crippen LogP contribution in [-0.2, 0) is 9.53 Å². The Morgan fingerprint density at radius 2 is 2.04 bits per heavy atom. The molecular weight excluding hydrogens is 328 g/mol. The number of hydrogen-bond donors (Lipinski definition) is 1. The van der Waals surface area contributed by atoms with Crippen LogP contribution in [0.25, 0.3) is 11.1 Å². The van der Waals surface area contributed by atoms with Gasteiger partial charge in [-0.1, -0.05) is 54.1 Å². The Bertz CT molecular complexity index is 843. The van der Waals surface area contributed by atoms with Gasteiger partial charge in [-0.25, -0.2) is 0 Å². The van der Waals surface area contributed by atoms with Crippen molar-refractivity contribution in [2.45, 2.75) is 24.9 Å². The fraction of sp³-hybridized carbons (Fsp3) is 0.333. The molecule has 1 heterocycles. The predicted octanol–water partition coefficient (Wildman–Crippen LogP) is 2.49. The largest absolute Gasteiger partial charge is 0.394 e. The summed E-state index contributed by atoms with van der Waals surface area (Å²) in [5.41, 5.74) is 4.22. The Morgan fingerprint density at radius 3 is 2.69 bits per heavy atom. The average molecular weight is 350 g/mol. The third-order valence-electron chi connectivity index (χ3n) is 4.94. The number of rotatable bonds is 5. The third-order valence-corrected chi connectivity index (χ3v) is 4.94. The van der Waals surface area contributed by atoms with Crippen molar-refractivity contribution in [3.63, 3.8) is 0 Å². The first-order chi connectivity index (χ1) is 12.6. The van der Waals surface area contributed by atoms with Gasteiger partial charge in [0.25, 0.3) is 0 Å². The van der Waals surface area contributed by atoms with E-state index >= 15 is 0 Å². The second kappa shape index (κ2) is 7.69. The highest BCUT2D eigenvalue weighted by Crippen LogP contribution is 2.44. The van der Waals surface area contributed by atoms with Gasteiger partial charge in [-0.3, -0.25) is 4.79 Å². The van der Waals surface area contributed by atoms with Gasteiger partial charge in [-0.2, -0.15) is 5.26 Å². The van der Waals surface area contributed by atoms with E-state index in [9.17, 15) is 15.2 Å². The van der Waals surface area contributed by atoms with Crippen molar-refractivity contribution in [1.82, 2.24) is 4.90 Å². The summed E-state index contributed by atoms with van der Waals surface area (Å²) in [5.74, 6) is -0.509. The molecule has 26 heavy (non-hydrogen) atoms. The number of likely N-dealkylation sites (tertiary alicyclic amines) is 1. The van der Waals surface area contributed by atoms with E-state index in [0.29, 0.717) is 0 Å². The van der Waals surface area contributed by atoms with Crippen molar-refractivity contribution in [3.8, 4) is 17.2 Å². The Kier molecular flexibility index (Phi) is 5.36. The number of nitriles is 1. The van der Waals surface area contributed by atoms with Crippen LogP contribution in [0.2, 0.25) is 0 Å². The van der Waals surface area contributed by atoms with E-state index in [-0.39, 0.29) is 25.0 Å². The van der Waals surface area contributed by atoms with E-state index in [0.717, 1.165) is 22.3 Å².